The van der Waals surface area contributed by atoms with Crippen molar-refractivity contribution in [3.05, 3.63) is 48.3 Å². The van der Waals surface area contributed by atoms with Gasteiger partial charge < -0.3 is 20.1 Å². The number of nitrogens with zero attached hydrogens (tertiary/aromatic N) is 4. The van der Waals surface area contributed by atoms with Crippen LogP contribution in [0.4, 0.5) is 11.6 Å². The largest absolute Gasteiger partial charge is 0.390 e. The number of carbonyl (C=O) groups is 1. The van der Waals surface area contributed by atoms with E-state index in [2.05, 4.69) is 20.2 Å². The van der Waals surface area contributed by atoms with E-state index in [0.29, 0.717) is 37.8 Å². The van der Waals surface area contributed by atoms with Gasteiger partial charge in [-0.1, -0.05) is 18.2 Å². The van der Waals surface area contributed by atoms with Crippen LogP contribution in [0, 0.1) is 0 Å². The number of benzene rings is 1. The van der Waals surface area contributed by atoms with Crippen LogP contribution in [0.5, 0.6) is 0 Å². The lowest BCUT2D eigenvalue weighted by Crippen LogP contribution is -2.49. The topological polar surface area (TPSA) is 90.8 Å². The lowest BCUT2D eigenvalue weighted by molar-refractivity contribution is -0.00611. The van der Waals surface area contributed by atoms with Crippen molar-refractivity contribution in [2.45, 2.75) is 12.1 Å². The molecular weight excluding hydrogens is 346 g/mol. The fourth-order valence-corrected chi connectivity index (χ4v) is 3.54. The van der Waals surface area contributed by atoms with Gasteiger partial charge in [-0.3, -0.25) is 9.69 Å². The van der Waals surface area contributed by atoms with Crippen molar-refractivity contribution < 1.29 is 14.6 Å². The van der Waals surface area contributed by atoms with Crippen molar-refractivity contribution in [2.24, 2.45) is 0 Å². The van der Waals surface area contributed by atoms with Gasteiger partial charge in [0.2, 0.25) is 5.95 Å². The molecule has 0 saturated carbocycles. The summed E-state index contributed by atoms with van der Waals surface area (Å²) in [6.07, 6.45) is 2.50. The highest BCUT2D eigenvalue weighted by atomic mass is 16.5. The number of nitrogens with one attached hydrogen (secondary N) is 1. The minimum atomic E-state index is -0.549. The molecule has 2 aromatic rings. The Labute approximate surface area is 157 Å². The maximum atomic E-state index is 12.8. The molecule has 1 aromatic carbocycles. The number of aliphatic hydroxyl groups excluding tert-OH is 1. The number of hydrogen-bond donors (Lipinski definition) is 2. The van der Waals surface area contributed by atoms with E-state index < -0.39 is 6.10 Å². The van der Waals surface area contributed by atoms with E-state index in [1.165, 1.54) is 12.4 Å². The third-order valence-electron chi connectivity index (χ3n) is 4.99. The SMILES string of the molecule is O=C(c1cnc(Nc2ccccc2)nc1)N1C[C@@H](O)[C@H](N2CCOCC2)C1. The molecule has 0 bridgehead atoms. The zero-order chi connectivity index (χ0) is 18.6. The minimum absolute atomic E-state index is 0.0437. The monoisotopic (exact) mass is 369 g/mol. The molecule has 2 aliphatic rings. The van der Waals surface area contributed by atoms with Crippen LogP contribution in [0.1, 0.15) is 10.4 Å². The Hall–Kier alpha value is -2.55. The number of anilines is 2. The van der Waals surface area contributed by atoms with E-state index >= 15 is 0 Å². The first kappa shape index (κ1) is 17.8. The number of aromatic nitrogens is 2. The van der Waals surface area contributed by atoms with Gasteiger partial charge in [0.05, 0.1) is 30.9 Å². The maximum Gasteiger partial charge on any atom is 0.257 e. The highest BCUT2D eigenvalue weighted by Gasteiger charge is 2.38. The summed E-state index contributed by atoms with van der Waals surface area (Å²) in [7, 11) is 0. The van der Waals surface area contributed by atoms with Crippen LogP contribution in [0.25, 0.3) is 0 Å². The van der Waals surface area contributed by atoms with Crippen molar-refractivity contribution in [1.29, 1.82) is 0 Å². The molecule has 2 fully saturated rings. The molecule has 8 heteroatoms. The van der Waals surface area contributed by atoms with Gasteiger partial charge in [-0.2, -0.15) is 0 Å². The summed E-state index contributed by atoms with van der Waals surface area (Å²) in [5.41, 5.74) is 1.30. The summed E-state index contributed by atoms with van der Waals surface area (Å²) >= 11 is 0. The number of likely N-dealkylation sites (tertiary alicyclic amines) is 1. The second-order valence-corrected chi connectivity index (χ2v) is 6.78. The smallest absolute Gasteiger partial charge is 0.257 e. The van der Waals surface area contributed by atoms with Gasteiger partial charge in [-0.25, -0.2) is 9.97 Å². The van der Waals surface area contributed by atoms with E-state index in [4.69, 9.17) is 4.74 Å². The highest BCUT2D eigenvalue weighted by molar-refractivity contribution is 5.94. The highest BCUT2D eigenvalue weighted by Crippen LogP contribution is 2.20. The summed E-state index contributed by atoms with van der Waals surface area (Å²) in [6.45, 7) is 3.73. The van der Waals surface area contributed by atoms with Crippen LogP contribution in [-0.2, 0) is 4.74 Å². The second-order valence-electron chi connectivity index (χ2n) is 6.78. The number of ether oxygens (including phenoxy) is 1. The first-order valence-corrected chi connectivity index (χ1v) is 9.14. The molecule has 2 N–H and O–H groups in total. The minimum Gasteiger partial charge on any atom is -0.390 e. The van der Waals surface area contributed by atoms with Crippen molar-refractivity contribution in [2.75, 3.05) is 44.7 Å². The number of aliphatic hydroxyl groups is 1. The van der Waals surface area contributed by atoms with E-state index in [1.54, 1.807) is 4.90 Å². The quantitative estimate of drug-likeness (QED) is 0.821. The molecule has 142 valence electrons. The molecule has 27 heavy (non-hydrogen) atoms. The van der Waals surface area contributed by atoms with Crippen LogP contribution >= 0.6 is 0 Å². The van der Waals surface area contributed by atoms with Gasteiger partial charge >= 0.3 is 0 Å². The molecule has 2 aliphatic heterocycles. The van der Waals surface area contributed by atoms with Gasteiger partial charge in [-0.05, 0) is 12.1 Å². The Kier molecular flexibility index (Phi) is 5.28. The maximum absolute atomic E-state index is 12.8. The standard InChI is InChI=1S/C19H23N5O3/c25-17-13-24(12-16(17)23-6-8-27-9-7-23)18(26)14-10-20-19(21-11-14)22-15-4-2-1-3-5-15/h1-5,10-11,16-17,25H,6-9,12-13H2,(H,20,21,22)/t16-,17-/m1/s1. The van der Waals surface area contributed by atoms with Crippen LogP contribution in [0.15, 0.2) is 42.7 Å². The third kappa shape index (κ3) is 4.08. The molecule has 0 spiro atoms. The second kappa shape index (κ2) is 7.99. The van der Waals surface area contributed by atoms with Crippen molar-refractivity contribution >= 4 is 17.5 Å². The molecule has 0 aliphatic carbocycles. The number of hydrogen-bond acceptors (Lipinski definition) is 7. The van der Waals surface area contributed by atoms with Crippen molar-refractivity contribution in [3.63, 3.8) is 0 Å². The summed E-state index contributed by atoms with van der Waals surface area (Å²) in [4.78, 5) is 25.1. The van der Waals surface area contributed by atoms with Crippen LogP contribution < -0.4 is 5.32 Å². The molecule has 8 nitrogen and oxygen atoms in total. The van der Waals surface area contributed by atoms with Gasteiger partial charge in [0.25, 0.3) is 5.91 Å². The molecular formula is C19H23N5O3. The summed E-state index contributed by atoms with van der Waals surface area (Å²) in [6, 6.07) is 9.56. The molecule has 2 saturated heterocycles. The van der Waals surface area contributed by atoms with E-state index in [1.807, 2.05) is 30.3 Å². The number of amides is 1. The van der Waals surface area contributed by atoms with E-state index in [9.17, 15) is 9.90 Å². The Morgan fingerprint density at radius 3 is 2.52 bits per heavy atom. The fourth-order valence-electron chi connectivity index (χ4n) is 3.54. The average Bonchev–Trinajstić information content (AvgIpc) is 3.11. The predicted molar refractivity (Wildman–Crippen MR) is 99.8 cm³/mol. The predicted octanol–water partition coefficient (Wildman–Crippen LogP) is 0.738. The fraction of sp³-hybridized carbons (Fsp3) is 0.421. The number of carbonyl (C=O) groups excluding carboxylic acids is 1. The average molecular weight is 369 g/mol. The summed E-state index contributed by atoms with van der Waals surface area (Å²) in [5, 5.41) is 13.5. The first-order valence-electron chi connectivity index (χ1n) is 9.14. The zero-order valence-corrected chi connectivity index (χ0v) is 15.0. The molecule has 1 amide bonds. The molecule has 2 atom stereocenters. The van der Waals surface area contributed by atoms with Crippen LogP contribution in [0.3, 0.4) is 0 Å². The number of para-hydroxylation sites is 1. The Balaban J connectivity index is 1.39. The molecule has 1 aromatic heterocycles. The van der Waals surface area contributed by atoms with Crippen molar-refractivity contribution in [3.8, 4) is 0 Å². The zero-order valence-electron chi connectivity index (χ0n) is 15.0. The molecule has 3 heterocycles. The van der Waals surface area contributed by atoms with Gasteiger partial charge in [-0.15, -0.1) is 0 Å². The molecule has 4 rings (SSSR count). The van der Waals surface area contributed by atoms with Crippen LogP contribution in [-0.4, -0.2) is 82.3 Å². The number of β-amino-alcohol motifs (C(OH)–C–C–N with tert-alkyl or cyclic N) is 1. The van der Waals surface area contributed by atoms with E-state index in [0.717, 1.165) is 18.8 Å². The number of morpholine rings is 1. The molecule has 0 unspecified atom stereocenters. The van der Waals surface area contributed by atoms with Gasteiger partial charge in [0.1, 0.15) is 0 Å². The number of rotatable bonds is 4. The van der Waals surface area contributed by atoms with Crippen LogP contribution in [0.2, 0.25) is 0 Å². The Morgan fingerprint density at radius 1 is 1.11 bits per heavy atom. The Morgan fingerprint density at radius 2 is 1.81 bits per heavy atom. The van der Waals surface area contributed by atoms with Crippen molar-refractivity contribution in [1.82, 2.24) is 19.8 Å². The summed E-state index contributed by atoms with van der Waals surface area (Å²) in [5.74, 6) is 0.279. The van der Waals surface area contributed by atoms with Gasteiger partial charge in [0.15, 0.2) is 0 Å². The van der Waals surface area contributed by atoms with E-state index in [-0.39, 0.29) is 11.9 Å². The first-order chi connectivity index (χ1) is 13.2. The lowest BCUT2D eigenvalue weighted by Gasteiger charge is -2.33. The van der Waals surface area contributed by atoms with Gasteiger partial charge in [0, 0.05) is 44.3 Å². The summed E-state index contributed by atoms with van der Waals surface area (Å²) < 4.78 is 5.37. The lowest BCUT2D eigenvalue weighted by atomic mass is 10.1. The molecule has 0 radical (unpaired) electrons. The third-order valence-corrected chi connectivity index (χ3v) is 4.99. The normalized spacial score (nSPS) is 23.4. The Bertz CT molecular complexity index is 765.